The fraction of sp³-hybridized carbons (Fsp3) is 0.588. The first-order chi connectivity index (χ1) is 11.1. The summed E-state index contributed by atoms with van der Waals surface area (Å²) < 4.78 is 5.31. The first kappa shape index (κ1) is 16.4. The molecule has 0 radical (unpaired) electrons. The van der Waals surface area contributed by atoms with Crippen molar-refractivity contribution < 1.29 is 4.74 Å². The molecule has 0 spiro atoms. The first-order valence-electron chi connectivity index (χ1n) is 8.13. The summed E-state index contributed by atoms with van der Waals surface area (Å²) in [6.45, 7) is 8.68. The molecule has 0 aromatic heterocycles. The molecule has 1 N–H and O–H groups in total. The van der Waals surface area contributed by atoms with E-state index in [1.54, 1.807) is 0 Å². The monoisotopic (exact) mass is 336 g/mol. The summed E-state index contributed by atoms with van der Waals surface area (Å²) in [5.74, 6) is 0.990. The second-order valence-corrected chi connectivity index (χ2v) is 7.09. The van der Waals surface area contributed by atoms with E-state index in [1.165, 1.54) is 5.69 Å². The van der Waals surface area contributed by atoms with Crippen LogP contribution in [0.3, 0.4) is 0 Å². The minimum atomic E-state index is 0.249. The maximum atomic E-state index is 6.09. The van der Waals surface area contributed by atoms with Crippen molar-refractivity contribution in [2.24, 2.45) is 10.4 Å². The van der Waals surface area contributed by atoms with Crippen LogP contribution in [-0.2, 0) is 4.74 Å². The zero-order chi connectivity index (χ0) is 16.3. The van der Waals surface area contributed by atoms with E-state index in [0.717, 1.165) is 56.9 Å². The van der Waals surface area contributed by atoms with E-state index < -0.39 is 0 Å². The molecular formula is C17H25ClN4O. The molecule has 0 unspecified atom stereocenters. The van der Waals surface area contributed by atoms with Gasteiger partial charge in [0, 0.05) is 55.9 Å². The van der Waals surface area contributed by atoms with Gasteiger partial charge in [-0.05, 0) is 18.2 Å². The van der Waals surface area contributed by atoms with Crippen LogP contribution >= 0.6 is 11.6 Å². The molecule has 6 heteroatoms. The number of anilines is 1. The molecule has 0 aliphatic carbocycles. The molecule has 2 saturated heterocycles. The highest BCUT2D eigenvalue weighted by Crippen LogP contribution is 2.25. The maximum absolute atomic E-state index is 6.09. The van der Waals surface area contributed by atoms with Gasteiger partial charge in [-0.15, -0.1) is 0 Å². The van der Waals surface area contributed by atoms with Crippen LogP contribution in [0.15, 0.2) is 29.3 Å². The van der Waals surface area contributed by atoms with E-state index in [1.807, 2.05) is 25.2 Å². The minimum Gasteiger partial charge on any atom is -0.380 e. The first-order valence-corrected chi connectivity index (χ1v) is 8.51. The van der Waals surface area contributed by atoms with Crippen LogP contribution in [0.5, 0.6) is 0 Å². The maximum Gasteiger partial charge on any atom is 0.193 e. The van der Waals surface area contributed by atoms with E-state index in [0.29, 0.717) is 0 Å². The van der Waals surface area contributed by atoms with Gasteiger partial charge in [0.05, 0.1) is 13.2 Å². The van der Waals surface area contributed by atoms with Gasteiger partial charge >= 0.3 is 0 Å². The SMILES string of the molecule is CN=C(NCC1(C)COC1)N1CCN(c2cccc(Cl)c2)CC1. The molecule has 2 heterocycles. The number of nitrogens with one attached hydrogen (secondary N) is 1. The average molecular weight is 337 g/mol. The second kappa shape index (κ2) is 6.97. The Labute approximate surface area is 143 Å². The normalized spacial score (nSPS) is 21.1. The van der Waals surface area contributed by atoms with Gasteiger partial charge in [0.15, 0.2) is 5.96 Å². The van der Waals surface area contributed by atoms with Crippen LogP contribution in [-0.4, -0.2) is 63.8 Å². The average Bonchev–Trinajstić information content (AvgIpc) is 2.54. The summed E-state index contributed by atoms with van der Waals surface area (Å²) in [6, 6.07) is 8.07. The molecule has 5 nitrogen and oxygen atoms in total. The van der Waals surface area contributed by atoms with Crippen molar-refractivity contribution in [3.05, 3.63) is 29.3 Å². The van der Waals surface area contributed by atoms with Crippen molar-refractivity contribution >= 4 is 23.2 Å². The van der Waals surface area contributed by atoms with Gasteiger partial charge in [0.2, 0.25) is 0 Å². The number of nitrogens with zero attached hydrogens (tertiary/aromatic N) is 3. The molecule has 23 heavy (non-hydrogen) atoms. The van der Waals surface area contributed by atoms with Gasteiger partial charge in [-0.3, -0.25) is 4.99 Å². The minimum absolute atomic E-state index is 0.249. The lowest BCUT2D eigenvalue weighted by atomic mass is 9.89. The summed E-state index contributed by atoms with van der Waals surface area (Å²) in [5.41, 5.74) is 1.44. The Morgan fingerprint density at radius 2 is 2.04 bits per heavy atom. The molecule has 126 valence electrons. The van der Waals surface area contributed by atoms with Gasteiger partial charge in [0.25, 0.3) is 0 Å². The Balaban J connectivity index is 1.53. The summed E-state index contributed by atoms with van der Waals surface area (Å²) in [6.07, 6.45) is 0. The molecule has 1 aromatic rings. The van der Waals surface area contributed by atoms with Crippen molar-refractivity contribution in [2.45, 2.75) is 6.92 Å². The number of ether oxygens (including phenoxy) is 1. The molecule has 3 rings (SSSR count). The van der Waals surface area contributed by atoms with E-state index in [-0.39, 0.29) is 5.41 Å². The lowest BCUT2D eigenvalue weighted by Gasteiger charge is -2.41. The quantitative estimate of drug-likeness (QED) is 0.677. The smallest absolute Gasteiger partial charge is 0.193 e. The molecule has 2 aliphatic rings. The van der Waals surface area contributed by atoms with Gasteiger partial charge in [-0.1, -0.05) is 24.6 Å². The Kier molecular flexibility index (Phi) is 4.97. The predicted molar refractivity (Wildman–Crippen MR) is 95.5 cm³/mol. The van der Waals surface area contributed by atoms with Crippen molar-refractivity contribution in [2.75, 3.05) is 57.9 Å². The van der Waals surface area contributed by atoms with Crippen LogP contribution in [0.2, 0.25) is 5.02 Å². The highest BCUT2D eigenvalue weighted by molar-refractivity contribution is 6.30. The molecule has 0 amide bonds. The van der Waals surface area contributed by atoms with Crippen molar-refractivity contribution in [1.29, 1.82) is 0 Å². The topological polar surface area (TPSA) is 40.1 Å². The molecule has 0 saturated carbocycles. The Hall–Kier alpha value is -1.46. The third kappa shape index (κ3) is 3.90. The van der Waals surface area contributed by atoms with E-state index in [9.17, 15) is 0 Å². The molecule has 0 atom stereocenters. The van der Waals surface area contributed by atoms with Crippen LogP contribution in [0.4, 0.5) is 5.69 Å². The number of aliphatic imine (C=N–C) groups is 1. The predicted octanol–water partition coefficient (Wildman–Crippen LogP) is 2.07. The van der Waals surface area contributed by atoms with Gasteiger partial charge in [-0.2, -0.15) is 0 Å². The summed E-state index contributed by atoms with van der Waals surface area (Å²) >= 11 is 6.09. The lowest BCUT2D eigenvalue weighted by Crippen LogP contribution is -2.56. The number of benzene rings is 1. The molecule has 1 aromatic carbocycles. The summed E-state index contributed by atoms with van der Waals surface area (Å²) in [7, 11) is 1.85. The van der Waals surface area contributed by atoms with Crippen molar-refractivity contribution in [3.63, 3.8) is 0 Å². The Morgan fingerprint density at radius 3 is 2.61 bits per heavy atom. The van der Waals surface area contributed by atoms with Gasteiger partial charge < -0.3 is 19.9 Å². The number of rotatable bonds is 3. The highest BCUT2D eigenvalue weighted by Gasteiger charge is 2.33. The zero-order valence-corrected chi connectivity index (χ0v) is 14.6. The molecule has 0 bridgehead atoms. The number of halogens is 1. The Bertz CT molecular complexity index is 565. The number of hydrogen-bond donors (Lipinski definition) is 1. The summed E-state index contributed by atoms with van der Waals surface area (Å²) in [5, 5.41) is 4.29. The molecule has 2 fully saturated rings. The second-order valence-electron chi connectivity index (χ2n) is 6.66. The fourth-order valence-corrected chi connectivity index (χ4v) is 3.21. The zero-order valence-electron chi connectivity index (χ0n) is 13.9. The lowest BCUT2D eigenvalue weighted by molar-refractivity contribution is -0.0972. The standard InChI is InChI=1S/C17H25ClN4O/c1-17(12-23-13-17)11-20-16(19-2)22-8-6-21(7-9-22)15-5-3-4-14(18)10-15/h3-5,10H,6-9,11-13H2,1-2H3,(H,19,20). The van der Waals surface area contributed by atoms with E-state index in [4.69, 9.17) is 16.3 Å². The third-order valence-corrected chi connectivity index (χ3v) is 4.77. The van der Waals surface area contributed by atoms with Crippen molar-refractivity contribution in [3.8, 4) is 0 Å². The number of guanidine groups is 1. The van der Waals surface area contributed by atoms with Crippen LogP contribution in [0.1, 0.15) is 6.92 Å². The molecule has 2 aliphatic heterocycles. The van der Waals surface area contributed by atoms with Gasteiger partial charge in [0.1, 0.15) is 0 Å². The van der Waals surface area contributed by atoms with Gasteiger partial charge in [-0.25, -0.2) is 0 Å². The Morgan fingerprint density at radius 1 is 1.30 bits per heavy atom. The van der Waals surface area contributed by atoms with E-state index in [2.05, 4.69) is 33.1 Å². The summed E-state index contributed by atoms with van der Waals surface area (Å²) in [4.78, 5) is 9.13. The number of hydrogen-bond acceptors (Lipinski definition) is 3. The van der Waals surface area contributed by atoms with Crippen LogP contribution in [0, 0.1) is 5.41 Å². The largest absolute Gasteiger partial charge is 0.380 e. The van der Waals surface area contributed by atoms with Crippen molar-refractivity contribution in [1.82, 2.24) is 10.2 Å². The molecular weight excluding hydrogens is 312 g/mol. The third-order valence-electron chi connectivity index (χ3n) is 4.54. The number of piperazine rings is 1. The highest BCUT2D eigenvalue weighted by atomic mass is 35.5. The van der Waals surface area contributed by atoms with E-state index >= 15 is 0 Å². The van der Waals surface area contributed by atoms with Crippen LogP contribution in [0.25, 0.3) is 0 Å². The fourth-order valence-electron chi connectivity index (χ4n) is 3.03. The van der Waals surface area contributed by atoms with Crippen LogP contribution < -0.4 is 10.2 Å².